The maximum atomic E-state index is 13.4. The summed E-state index contributed by atoms with van der Waals surface area (Å²) in [5.74, 6) is -0.283. The smallest absolute Gasteiger partial charge is 0.127 e. The van der Waals surface area contributed by atoms with Crippen LogP contribution in [0.4, 0.5) is 4.39 Å². The van der Waals surface area contributed by atoms with Crippen molar-refractivity contribution in [2.24, 2.45) is 0 Å². The van der Waals surface area contributed by atoms with Gasteiger partial charge in [-0.25, -0.2) is 4.39 Å². The molecule has 1 aromatic carbocycles. The Labute approximate surface area is 139 Å². The van der Waals surface area contributed by atoms with E-state index in [4.69, 9.17) is 11.6 Å². The van der Waals surface area contributed by atoms with Gasteiger partial charge in [-0.05, 0) is 67.6 Å². The van der Waals surface area contributed by atoms with E-state index in [0.29, 0.717) is 10.6 Å². The number of rotatable bonds is 2. The Morgan fingerprint density at radius 2 is 1.89 bits per heavy atom. The number of thiophene rings is 1. The van der Waals surface area contributed by atoms with Crippen LogP contribution in [0, 0.1) is 12.7 Å². The second-order valence-electron chi connectivity index (χ2n) is 3.77. The van der Waals surface area contributed by atoms with Gasteiger partial charge in [0.2, 0.25) is 0 Å². The summed E-state index contributed by atoms with van der Waals surface area (Å²) < 4.78 is 15.4. The van der Waals surface area contributed by atoms with Crippen molar-refractivity contribution in [1.82, 2.24) is 0 Å². The fraction of sp³-hybridized carbons (Fsp3) is 0.167. The zero-order valence-electron chi connectivity index (χ0n) is 9.11. The summed E-state index contributed by atoms with van der Waals surface area (Å²) in [5, 5.41) is 0.425. The predicted octanol–water partition coefficient (Wildman–Crippen LogP) is 6.86. The van der Waals surface area contributed by atoms with E-state index in [1.807, 2.05) is 6.07 Å². The fourth-order valence-electron chi connectivity index (χ4n) is 1.57. The van der Waals surface area contributed by atoms with Crippen LogP contribution in [0.2, 0.25) is 5.02 Å². The van der Waals surface area contributed by atoms with Gasteiger partial charge >= 0.3 is 0 Å². The molecule has 2 aromatic rings. The average Bonchev–Trinajstić information content (AvgIpc) is 2.62. The Kier molecular flexibility index (Phi) is 4.92. The standard InChI is InChI=1S/C12H7Br3ClFS/c1-5-2-6(8(16)4-9(5)17)11(14)7-3-10(13)18-12(7)15/h2-4,11H,1H3. The molecule has 0 amide bonds. The van der Waals surface area contributed by atoms with Crippen LogP contribution < -0.4 is 0 Å². The summed E-state index contributed by atoms with van der Waals surface area (Å²) >= 11 is 18.3. The highest BCUT2D eigenvalue weighted by molar-refractivity contribution is 9.12. The van der Waals surface area contributed by atoms with Crippen LogP contribution in [0.25, 0.3) is 0 Å². The number of aryl methyl sites for hydroxylation is 1. The minimum atomic E-state index is -0.283. The molecule has 96 valence electrons. The van der Waals surface area contributed by atoms with Gasteiger partial charge in [0.05, 0.1) is 12.4 Å². The van der Waals surface area contributed by atoms with E-state index < -0.39 is 0 Å². The number of hydrogen-bond acceptors (Lipinski definition) is 1. The molecule has 0 bridgehead atoms. The van der Waals surface area contributed by atoms with E-state index in [-0.39, 0.29) is 10.6 Å². The lowest BCUT2D eigenvalue weighted by atomic mass is 10.0. The lowest BCUT2D eigenvalue weighted by Crippen LogP contribution is -1.96. The second-order valence-corrected chi connectivity index (χ2v) is 8.84. The third-order valence-corrected chi connectivity index (χ3v) is 6.21. The minimum absolute atomic E-state index is 0.0683. The Morgan fingerprint density at radius 1 is 1.22 bits per heavy atom. The van der Waals surface area contributed by atoms with E-state index in [1.54, 1.807) is 24.3 Å². The average molecular weight is 477 g/mol. The molecule has 0 saturated carbocycles. The Morgan fingerprint density at radius 3 is 2.44 bits per heavy atom. The molecule has 1 unspecified atom stereocenters. The molecule has 0 aliphatic carbocycles. The Bertz CT molecular complexity index is 597. The molecular formula is C12H7Br3ClFS. The maximum absolute atomic E-state index is 13.4. The highest BCUT2D eigenvalue weighted by atomic mass is 79.9. The third-order valence-electron chi connectivity index (χ3n) is 2.51. The van der Waals surface area contributed by atoms with Crippen LogP contribution in [0.3, 0.4) is 0 Å². The van der Waals surface area contributed by atoms with Gasteiger partial charge in [0, 0.05) is 5.02 Å². The van der Waals surface area contributed by atoms with Gasteiger partial charge in [0.25, 0.3) is 0 Å². The molecule has 1 atom stereocenters. The van der Waals surface area contributed by atoms with Crippen molar-refractivity contribution >= 4 is 70.7 Å². The van der Waals surface area contributed by atoms with E-state index in [2.05, 4.69) is 47.8 Å². The van der Waals surface area contributed by atoms with E-state index >= 15 is 0 Å². The quantitative estimate of drug-likeness (QED) is 0.415. The van der Waals surface area contributed by atoms with Crippen LogP contribution in [0.1, 0.15) is 21.5 Å². The molecule has 0 N–H and O–H groups in total. The lowest BCUT2D eigenvalue weighted by Gasteiger charge is -2.13. The van der Waals surface area contributed by atoms with Gasteiger partial charge < -0.3 is 0 Å². The molecule has 2 rings (SSSR count). The Hall–Kier alpha value is 0.580. The van der Waals surface area contributed by atoms with E-state index in [0.717, 1.165) is 18.7 Å². The molecule has 0 fully saturated rings. The summed E-state index contributed by atoms with van der Waals surface area (Å²) in [5.41, 5.74) is 2.52. The lowest BCUT2D eigenvalue weighted by molar-refractivity contribution is 0.618. The van der Waals surface area contributed by atoms with Crippen LogP contribution >= 0.6 is 70.7 Å². The number of benzene rings is 1. The van der Waals surface area contributed by atoms with Crippen molar-refractivity contribution in [2.75, 3.05) is 0 Å². The van der Waals surface area contributed by atoms with Crippen molar-refractivity contribution in [3.05, 3.63) is 53.3 Å². The monoisotopic (exact) mass is 474 g/mol. The van der Waals surface area contributed by atoms with Crippen LogP contribution in [-0.2, 0) is 0 Å². The van der Waals surface area contributed by atoms with Crippen LogP contribution in [-0.4, -0.2) is 0 Å². The number of hydrogen-bond donors (Lipinski definition) is 0. The molecule has 0 radical (unpaired) electrons. The third kappa shape index (κ3) is 3.01. The largest absolute Gasteiger partial charge is 0.207 e. The normalized spacial score (nSPS) is 12.8. The SMILES string of the molecule is Cc1cc(C(Br)c2cc(Br)sc2Br)c(Cl)cc1F. The highest BCUT2D eigenvalue weighted by Gasteiger charge is 2.20. The van der Waals surface area contributed by atoms with Gasteiger partial charge in [-0.1, -0.05) is 33.6 Å². The van der Waals surface area contributed by atoms with Gasteiger partial charge in [0.15, 0.2) is 0 Å². The first kappa shape index (κ1) is 15.0. The molecule has 0 saturated heterocycles. The first-order valence-electron chi connectivity index (χ1n) is 4.94. The van der Waals surface area contributed by atoms with Gasteiger partial charge in [-0.2, -0.15) is 0 Å². The van der Waals surface area contributed by atoms with E-state index in [1.165, 1.54) is 6.07 Å². The van der Waals surface area contributed by atoms with E-state index in [9.17, 15) is 4.39 Å². The molecule has 0 spiro atoms. The zero-order chi connectivity index (χ0) is 13.4. The summed E-state index contributed by atoms with van der Waals surface area (Å²) in [6.45, 7) is 1.73. The predicted molar refractivity (Wildman–Crippen MR) is 86.6 cm³/mol. The highest BCUT2D eigenvalue weighted by Crippen LogP contribution is 2.43. The summed E-state index contributed by atoms with van der Waals surface area (Å²) in [6, 6.07) is 5.15. The van der Waals surface area contributed by atoms with Gasteiger partial charge in [-0.15, -0.1) is 11.3 Å². The topological polar surface area (TPSA) is 0 Å². The van der Waals surface area contributed by atoms with Crippen LogP contribution in [0.5, 0.6) is 0 Å². The minimum Gasteiger partial charge on any atom is -0.207 e. The molecular weight excluding hydrogens is 470 g/mol. The summed E-state index contributed by atoms with van der Waals surface area (Å²) in [7, 11) is 0. The van der Waals surface area contributed by atoms with Crippen molar-refractivity contribution in [2.45, 2.75) is 11.8 Å². The fourth-order valence-corrected chi connectivity index (χ4v) is 6.06. The maximum Gasteiger partial charge on any atom is 0.127 e. The molecule has 1 aromatic heterocycles. The van der Waals surface area contributed by atoms with Gasteiger partial charge in [-0.3, -0.25) is 0 Å². The van der Waals surface area contributed by atoms with Crippen molar-refractivity contribution < 1.29 is 4.39 Å². The van der Waals surface area contributed by atoms with Crippen molar-refractivity contribution in [3.8, 4) is 0 Å². The first-order chi connectivity index (χ1) is 8.40. The summed E-state index contributed by atoms with van der Waals surface area (Å²) in [6.07, 6.45) is 0. The van der Waals surface area contributed by atoms with Crippen LogP contribution in [0.15, 0.2) is 25.8 Å². The number of halogens is 5. The zero-order valence-corrected chi connectivity index (χ0v) is 15.4. The van der Waals surface area contributed by atoms with Gasteiger partial charge in [0.1, 0.15) is 5.82 Å². The molecule has 18 heavy (non-hydrogen) atoms. The molecule has 1 heterocycles. The molecule has 6 heteroatoms. The molecule has 0 aliphatic rings. The first-order valence-corrected chi connectivity index (χ1v) is 8.64. The molecule has 0 nitrogen and oxygen atoms in total. The number of alkyl halides is 1. The molecule has 0 aliphatic heterocycles. The second kappa shape index (κ2) is 5.92. The van der Waals surface area contributed by atoms with Crippen molar-refractivity contribution in [1.29, 1.82) is 0 Å². The summed E-state index contributed by atoms with van der Waals surface area (Å²) in [4.78, 5) is -0.0683. The Balaban J connectivity index is 2.49. The van der Waals surface area contributed by atoms with Crippen molar-refractivity contribution in [3.63, 3.8) is 0 Å².